The molecule has 0 amide bonds. The van der Waals surface area contributed by atoms with Crippen molar-refractivity contribution in [3.63, 3.8) is 0 Å². The fraction of sp³-hybridized carbons (Fsp3) is 0.182. The number of aromatic nitrogens is 1. The molecule has 0 unspecified atom stereocenters. The second-order valence-corrected chi connectivity index (χ2v) is 6.75. The molecule has 144 valence electrons. The number of esters is 1. The van der Waals surface area contributed by atoms with Crippen LogP contribution >= 0.6 is 11.6 Å². The van der Waals surface area contributed by atoms with Crippen LogP contribution in [-0.4, -0.2) is 30.0 Å². The van der Waals surface area contributed by atoms with Crippen molar-refractivity contribution < 1.29 is 19.1 Å². The molecule has 1 aromatic heterocycles. The zero-order valence-corrected chi connectivity index (χ0v) is 16.6. The van der Waals surface area contributed by atoms with E-state index in [1.54, 1.807) is 24.3 Å². The van der Waals surface area contributed by atoms with Gasteiger partial charge in [0.25, 0.3) is 0 Å². The Kier molecular flexibility index (Phi) is 5.85. The fourth-order valence-electron chi connectivity index (χ4n) is 2.96. The minimum Gasteiger partial charge on any atom is -0.495 e. The zero-order chi connectivity index (χ0) is 20.3. The number of aryl methyl sites for hydroxylation is 2. The Balaban J connectivity index is 1.65. The van der Waals surface area contributed by atoms with Crippen molar-refractivity contribution in [3.8, 4) is 11.4 Å². The van der Waals surface area contributed by atoms with Crippen molar-refractivity contribution in [3.05, 3.63) is 82.1 Å². The summed E-state index contributed by atoms with van der Waals surface area (Å²) in [5, 5.41) is 0.325. The average molecular weight is 398 g/mol. The van der Waals surface area contributed by atoms with E-state index in [0.717, 1.165) is 17.1 Å². The van der Waals surface area contributed by atoms with E-state index < -0.39 is 5.97 Å². The third-order valence-corrected chi connectivity index (χ3v) is 4.74. The minimum atomic E-state index is -0.555. The molecular formula is C22H20ClNO4. The van der Waals surface area contributed by atoms with Gasteiger partial charge in [-0.05, 0) is 68.4 Å². The number of halogens is 1. The lowest BCUT2D eigenvalue weighted by Gasteiger charge is -2.10. The second-order valence-electron chi connectivity index (χ2n) is 6.35. The first-order chi connectivity index (χ1) is 13.4. The predicted octanol–water partition coefficient (Wildman–Crippen LogP) is 4.80. The van der Waals surface area contributed by atoms with Crippen LogP contribution in [0, 0.1) is 13.8 Å². The molecule has 0 atom stereocenters. The minimum absolute atomic E-state index is 0.325. The van der Waals surface area contributed by atoms with Gasteiger partial charge in [0.15, 0.2) is 12.4 Å². The summed E-state index contributed by atoms with van der Waals surface area (Å²) in [6.07, 6.45) is 0. The molecule has 3 rings (SSSR count). The number of nitrogens with zero attached hydrogens (tertiary/aromatic N) is 1. The third kappa shape index (κ3) is 4.10. The van der Waals surface area contributed by atoms with Gasteiger partial charge in [0.1, 0.15) is 5.75 Å². The lowest BCUT2D eigenvalue weighted by Crippen LogP contribution is -2.14. The Hall–Kier alpha value is -3.05. The molecule has 0 saturated carbocycles. The van der Waals surface area contributed by atoms with E-state index >= 15 is 0 Å². The Labute approximate surface area is 168 Å². The van der Waals surface area contributed by atoms with Gasteiger partial charge in [0.05, 0.1) is 17.7 Å². The average Bonchev–Trinajstić information content (AvgIpc) is 3.04. The SMILES string of the molecule is COc1ccc(C(=O)COC(=O)c2ccc(-n3c(C)ccc3C)cc2)cc1Cl. The predicted molar refractivity (Wildman–Crippen MR) is 108 cm³/mol. The smallest absolute Gasteiger partial charge is 0.338 e. The Morgan fingerprint density at radius 2 is 1.54 bits per heavy atom. The molecule has 0 N–H and O–H groups in total. The molecule has 2 aromatic carbocycles. The van der Waals surface area contributed by atoms with Crippen LogP contribution in [-0.2, 0) is 4.74 Å². The molecule has 0 aliphatic rings. The highest BCUT2D eigenvalue weighted by atomic mass is 35.5. The van der Waals surface area contributed by atoms with E-state index in [1.807, 2.05) is 38.1 Å². The van der Waals surface area contributed by atoms with Gasteiger partial charge in [-0.3, -0.25) is 4.79 Å². The van der Waals surface area contributed by atoms with Gasteiger partial charge in [0, 0.05) is 22.6 Å². The number of carbonyl (C=O) groups is 2. The molecule has 3 aromatic rings. The van der Waals surface area contributed by atoms with Gasteiger partial charge in [-0.15, -0.1) is 0 Å². The number of hydrogen-bond acceptors (Lipinski definition) is 4. The number of Topliss-reactive ketones (excluding diaryl/α,β-unsaturated/α-hetero) is 1. The molecule has 0 radical (unpaired) electrons. The topological polar surface area (TPSA) is 57.5 Å². The Morgan fingerprint density at radius 1 is 0.929 bits per heavy atom. The number of rotatable bonds is 6. The summed E-state index contributed by atoms with van der Waals surface area (Å²) < 4.78 is 12.3. The largest absolute Gasteiger partial charge is 0.495 e. The molecule has 0 spiro atoms. The van der Waals surface area contributed by atoms with E-state index in [4.69, 9.17) is 21.1 Å². The van der Waals surface area contributed by atoms with Crippen LogP contribution in [0.25, 0.3) is 5.69 Å². The highest BCUT2D eigenvalue weighted by Crippen LogP contribution is 2.25. The lowest BCUT2D eigenvalue weighted by molar-refractivity contribution is 0.0475. The lowest BCUT2D eigenvalue weighted by atomic mass is 10.1. The van der Waals surface area contributed by atoms with Crippen LogP contribution < -0.4 is 4.74 Å². The Morgan fingerprint density at radius 3 is 2.11 bits per heavy atom. The van der Waals surface area contributed by atoms with Crippen LogP contribution in [0.3, 0.4) is 0 Å². The maximum absolute atomic E-state index is 12.3. The Bertz CT molecular complexity index is 1000. The van der Waals surface area contributed by atoms with Gasteiger partial charge >= 0.3 is 5.97 Å². The van der Waals surface area contributed by atoms with Gasteiger partial charge in [0.2, 0.25) is 0 Å². The van der Waals surface area contributed by atoms with E-state index in [1.165, 1.54) is 13.2 Å². The highest BCUT2D eigenvalue weighted by Gasteiger charge is 2.14. The summed E-state index contributed by atoms with van der Waals surface area (Å²) in [6.45, 7) is 3.68. The summed E-state index contributed by atoms with van der Waals surface area (Å²) >= 11 is 6.02. The van der Waals surface area contributed by atoms with E-state index in [-0.39, 0.29) is 12.4 Å². The molecule has 28 heavy (non-hydrogen) atoms. The van der Waals surface area contributed by atoms with Crippen LogP contribution in [0.1, 0.15) is 32.1 Å². The van der Waals surface area contributed by atoms with Crippen LogP contribution in [0.15, 0.2) is 54.6 Å². The maximum atomic E-state index is 12.3. The first-order valence-corrected chi connectivity index (χ1v) is 9.07. The molecular weight excluding hydrogens is 378 g/mol. The van der Waals surface area contributed by atoms with Gasteiger partial charge < -0.3 is 14.0 Å². The summed E-state index contributed by atoms with van der Waals surface area (Å²) in [6, 6.07) is 15.8. The van der Waals surface area contributed by atoms with Crippen molar-refractivity contribution >= 4 is 23.4 Å². The standard InChI is InChI=1S/C22H20ClNO4/c1-14-4-5-15(2)24(14)18-9-6-16(7-10-18)22(26)28-13-20(25)17-8-11-21(27-3)19(23)12-17/h4-12H,13H2,1-3H3. The van der Waals surface area contributed by atoms with Crippen LogP contribution in [0.5, 0.6) is 5.75 Å². The number of ether oxygens (including phenoxy) is 2. The fourth-order valence-corrected chi connectivity index (χ4v) is 3.22. The number of benzene rings is 2. The zero-order valence-electron chi connectivity index (χ0n) is 15.9. The van der Waals surface area contributed by atoms with E-state index in [9.17, 15) is 9.59 Å². The first-order valence-electron chi connectivity index (χ1n) is 8.70. The monoisotopic (exact) mass is 397 g/mol. The molecule has 1 heterocycles. The molecule has 0 aliphatic heterocycles. The van der Waals surface area contributed by atoms with Gasteiger partial charge in [-0.1, -0.05) is 11.6 Å². The molecule has 0 bridgehead atoms. The highest BCUT2D eigenvalue weighted by molar-refractivity contribution is 6.32. The molecule has 0 saturated heterocycles. The van der Waals surface area contributed by atoms with Crippen molar-refractivity contribution in [1.82, 2.24) is 4.57 Å². The number of methoxy groups -OCH3 is 1. The quantitative estimate of drug-likeness (QED) is 0.443. The molecule has 6 heteroatoms. The normalized spacial score (nSPS) is 10.6. The van der Waals surface area contributed by atoms with E-state index in [2.05, 4.69) is 4.57 Å². The van der Waals surface area contributed by atoms with Crippen LogP contribution in [0.2, 0.25) is 5.02 Å². The van der Waals surface area contributed by atoms with Crippen molar-refractivity contribution in [2.24, 2.45) is 0 Å². The van der Waals surface area contributed by atoms with Gasteiger partial charge in [-0.2, -0.15) is 0 Å². The summed E-state index contributed by atoms with van der Waals surface area (Å²) in [5.41, 5.74) is 3.91. The number of carbonyl (C=O) groups excluding carboxylic acids is 2. The molecule has 0 aliphatic carbocycles. The van der Waals surface area contributed by atoms with Crippen molar-refractivity contribution in [2.45, 2.75) is 13.8 Å². The van der Waals surface area contributed by atoms with Crippen molar-refractivity contribution in [1.29, 1.82) is 0 Å². The molecule has 0 fully saturated rings. The molecule has 5 nitrogen and oxygen atoms in total. The summed E-state index contributed by atoms with van der Waals surface area (Å²) in [7, 11) is 1.49. The summed E-state index contributed by atoms with van der Waals surface area (Å²) in [4.78, 5) is 24.5. The summed E-state index contributed by atoms with van der Waals surface area (Å²) in [5.74, 6) is -0.419. The van der Waals surface area contributed by atoms with Gasteiger partial charge in [-0.25, -0.2) is 4.79 Å². The second kappa shape index (κ2) is 8.31. The first kappa shape index (κ1) is 19.7. The van der Waals surface area contributed by atoms with E-state index in [0.29, 0.717) is 21.9 Å². The number of ketones is 1. The van der Waals surface area contributed by atoms with Crippen LogP contribution in [0.4, 0.5) is 0 Å². The van der Waals surface area contributed by atoms with Crippen molar-refractivity contribution in [2.75, 3.05) is 13.7 Å². The third-order valence-electron chi connectivity index (χ3n) is 4.44. The number of hydrogen-bond donors (Lipinski definition) is 0. The maximum Gasteiger partial charge on any atom is 0.338 e.